The van der Waals surface area contributed by atoms with Crippen molar-refractivity contribution in [1.29, 1.82) is 0 Å². The lowest BCUT2D eigenvalue weighted by atomic mass is 10.1. The molecule has 0 spiro atoms. The normalized spacial score (nSPS) is 11.8. The van der Waals surface area contributed by atoms with Crippen molar-refractivity contribution in [3.05, 3.63) is 18.4 Å². The maximum Gasteiger partial charge on any atom is 0.135 e. The zero-order chi connectivity index (χ0) is 10.1. The van der Waals surface area contributed by atoms with Crippen LogP contribution in [0.15, 0.2) is 18.4 Å². The summed E-state index contributed by atoms with van der Waals surface area (Å²) in [4.78, 5) is 11.1. The smallest absolute Gasteiger partial charge is 0.135 e. The van der Waals surface area contributed by atoms with Gasteiger partial charge in [-0.2, -0.15) is 0 Å². The molecule has 0 aliphatic heterocycles. The lowest BCUT2D eigenvalue weighted by Gasteiger charge is -2.06. The van der Waals surface area contributed by atoms with Gasteiger partial charge in [0.1, 0.15) is 5.78 Å². The Kier molecular flexibility index (Phi) is 7.27. The highest BCUT2D eigenvalue weighted by Gasteiger charge is 2.08. The van der Waals surface area contributed by atoms with Crippen LogP contribution >= 0.6 is 0 Å². The minimum absolute atomic E-state index is 0.151. The SMILES string of the molecule is C=C=CCCC(O)CC(=O)CCC. The van der Waals surface area contributed by atoms with E-state index in [0.717, 1.165) is 12.8 Å². The third kappa shape index (κ3) is 7.51. The Hall–Kier alpha value is -0.850. The van der Waals surface area contributed by atoms with E-state index in [1.54, 1.807) is 6.08 Å². The quantitative estimate of drug-likeness (QED) is 0.613. The zero-order valence-corrected chi connectivity index (χ0v) is 8.25. The lowest BCUT2D eigenvalue weighted by molar-refractivity contribution is -0.121. The van der Waals surface area contributed by atoms with Crippen LogP contribution in [0.3, 0.4) is 0 Å². The molecule has 0 aromatic heterocycles. The third-order valence-corrected chi connectivity index (χ3v) is 1.78. The Morgan fingerprint density at radius 1 is 1.69 bits per heavy atom. The van der Waals surface area contributed by atoms with Gasteiger partial charge in [-0.1, -0.05) is 13.5 Å². The summed E-state index contributed by atoms with van der Waals surface area (Å²) in [5, 5.41) is 9.38. The van der Waals surface area contributed by atoms with Crippen molar-refractivity contribution in [1.82, 2.24) is 0 Å². The average Bonchev–Trinajstić information content (AvgIpc) is 2.05. The fourth-order valence-electron chi connectivity index (χ4n) is 1.12. The molecule has 2 nitrogen and oxygen atoms in total. The molecule has 1 N–H and O–H groups in total. The molecule has 0 saturated heterocycles. The van der Waals surface area contributed by atoms with Gasteiger partial charge in [-0.15, -0.1) is 5.73 Å². The Morgan fingerprint density at radius 3 is 2.92 bits per heavy atom. The van der Waals surface area contributed by atoms with Crippen LogP contribution in [0.2, 0.25) is 0 Å². The largest absolute Gasteiger partial charge is 0.393 e. The number of aliphatic hydroxyl groups excluding tert-OH is 1. The van der Waals surface area contributed by atoms with E-state index in [1.807, 2.05) is 6.92 Å². The summed E-state index contributed by atoms with van der Waals surface area (Å²) in [5.74, 6) is 0.151. The van der Waals surface area contributed by atoms with Crippen molar-refractivity contribution in [2.75, 3.05) is 0 Å². The molecule has 0 aliphatic carbocycles. The van der Waals surface area contributed by atoms with Crippen LogP contribution < -0.4 is 0 Å². The monoisotopic (exact) mass is 182 g/mol. The van der Waals surface area contributed by atoms with Gasteiger partial charge in [-0.3, -0.25) is 4.79 Å². The second kappa shape index (κ2) is 7.78. The molecule has 0 aromatic carbocycles. The fourth-order valence-corrected chi connectivity index (χ4v) is 1.12. The van der Waals surface area contributed by atoms with Gasteiger partial charge in [0.2, 0.25) is 0 Å². The summed E-state index contributed by atoms with van der Waals surface area (Å²) < 4.78 is 0. The van der Waals surface area contributed by atoms with Crippen LogP contribution in [-0.2, 0) is 4.79 Å². The topological polar surface area (TPSA) is 37.3 Å². The molecule has 0 fully saturated rings. The van der Waals surface area contributed by atoms with E-state index in [4.69, 9.17) is 0 Å². The fraction of sp³-hybridized carbons (Fsp3) is 0.636. The maximum absolute atomic E-state index is 11.1. The number of allylic oxidation sites excluding steroid dienone is 1. The first-order valence-corrected chi connectivity index (χ1v) is 4.74. The molecule has 1 unspecified atom stereocenters. The average molecular weight is 182 g/mol. The number of hydrogen-bond acceptors (Lipinski definition) is 2. The number of hydrogen-bond donors (Lipinski definition) is 1. The van der Waals surface area contributed by atoms with Crippen LogP contribution in [-0.4, -0.2) is 17.0 Å². The molecule has 74 valence electrons. The van der Waals surface area contributed by atoms with E-state index in [1.165, 1.54) is 0 Å². The number of carbonyl (C=O) groups is 1. The number of Topliss-reactive ketones (excluding diaryl/α,β-unsaturated/α-hetero) is 1. The van der Waals surface area contributed by atoms with Crippen molar-refractivity contribution < 1.29 is 9.90 Å². The van der Waals surface area contributed by atoms with Gasteiger partial charge in [-0.05, 0) is 25.3 Å². The zero-order valence-electron chi connectivity index (χ0n) is 8.25. The van der Waals surface area contributed by atoms with Crippen molar-refractivity contribution in [2.45, 2.75) is 45.1 Å². The van der Waals surface area contributed by atoms with E-state index < -0.39 is 6.10 Å². The summed E-state index contributed by atoms with van der Waals surface area (Å²) in [7, 11) is 0. The number of rotatable bonds is 7. The molecule has 0 amide bonds. The molecule has 0 bridgehead atoms. The third-order valence-electron chi connectivity index (χ3n) is 1.78. The maximum atomic E-state index is 11.1. The Morgan fingerprint density at radius 2 is 2.38 bits per heavy atom. The number of ketones is 1. The van der Waals surface area contributed by atoms with E-state index in [-0.39, 0.29) is 5.78 Å². The van der Waals surface area contributed by atoms with Gasteiger partial charge in [0, 0.05) is 12.8 Å². The standard InChI is InChI=1S/C11H18O2/c1-3-5-6-8-11(13)9-10(12)7-4-2/h5,11,13H,1,4,6-9H2,2H3. The van der Waals surface area contributed by atoms with E-state index in [2.05, 4.69) is 12.3 Å². The number of aliphatic hydroxyl groups is 1. The van der Waals surface area contributed by atoms with E-state index in [9.17, 15) is 9.90 Å². The van der Waals surface area contributed by atoms with Gasteiger partial charge < -0.3 is 5.11 Å². The van der Waals surface area contributed by atoms with E-state index >= 15 is 0 Å². The van der Waals surface area contributed by atoms with Crippen LogP contribution in [0.25, 0.3) is 0 Å². The van der Waals surface area contributed by atoms with Gasteiger partial charge in [0.25, 0.3) is 0 Å². The van der Waals surface area contributed by atoms with Crippen LogP contribution in [0, 0.1) is 0 Å². The molecule has 0 saturated carbocycles. The first-order valence-electron chi connectivity index (χ1n) is 4.74. The van der Waals surface area contributed by atoms with Gasteiger partial charge >= 0.3 is 0 Å². The van der Waals surface area contributed by atoms with Gasteiger partial charge in [0.15, 0.2) is 0 Å². The van der Waals surface area contributed by atoms with Crippen molar-refractivity contribution in [3.63, 3.8) is 0 Å². The van der Waals surface area contributed by atoms with E-state index in [0.29, 0.717) is 19.3 Å². The van der Waals surface area contributed by atoms with Crippen molar-refractivity contribution >= 4 is 5.78 Å². The van der Waals surface area contributed by atoms with Crippen LogP contribution in [0.5, 0.6) is 0 Å². The Balaban J connectivity index is 3.54. The highest BCUT2D eigenvalue weighted by molar-refractivity contribution is 5.78. The molecule has 13 heavy (non-hydrogen) atoms. The molecule has 0 aliphatic rings. The van der Waals surface area contributed by atoms with Crippen molar-refractivity contribution in [2.24, 2.45) is 0 Å². The van der Waals surface area contributed by atoms with Gasteiger partial charge in [0.05, 0.1) is 6.10 Å². The van der Waals surface area contributed by atoms with Crippen LogP contribution in [0.4, 0.5) is 0 Å². The molecule has 2 heteroatoms. The molecule has 1 atom stereocenters. The summed E-state index contributed by atoms with van der Waals surface area (Å²) >= 11 is 0. The second-order valence-electron chi connectivity index (χ2n) is 3.13. The summed E-state index contributed by atoms with van der Waals surface area (Å²) in [5.41, 5.74) is 2.63. The Labute approximate surface area is 80.0 Å². The summed E-state index contributed by atoms with van der Waals surface area (Å²) in [6.07, 6.45) is 4.37. The predicted molar refractivity (Wildman–Crippen MR) is 53.5 cm³/mol. The summed E-state index contributed by atoms with van der Waals surface area (Å²) in [6.45, 7) is 5.38. The number of carbonyl (C=O) groups excluding carboxylic acids is 1. The molecule has 0 rings (SSSR count). The minimum Gasteiger partial charge on any atom is -0.393 e. The Bertz CT molecular complexity index is 190. The highest BCUT2D eigenvalue weighted by atomic mass is 16.3. The lowest BCUT2D eigenvalue weighted by Crippen LogP contribution is -2.12. The summed E-state index contributed by atoms with van der Waals surface area (Å²) in [6, 6.07) is 0. The molecule has 0 radical (unpaired) electrons. The highest BCUT2D eigenvalue weighted by Crippen LogP contribution is 2.05. The first kappa shape index (κ1) is 12.2. The second-order valence-corrected chi connectivity index (χ2v) is 3.13. The van der Waals surface area contributed by atoms with Crippen LogP contribution in [0.1, 0.15) is 39.0 Å². The molecular formula is C11H18O2. The molecule has 0 heterocycles. The first-order chi connectivity index (χ1) is 6.20. The molecule has 0 aromatic rings. The van der Waals surface area contributed by atoms with Gasteiger partial charge in [-0.25, -0.2) is 0 Å². The predicted octanol–water partition coefficient (Wildman–Crippen LogP) is 2.23. The minimum atomic E-state index is -0.497. The molecular weight excluding hydrogens is 164 g/mol. The van der Waals surface area contributed by atoms with Crippen molar-refractivity contribution in [3.8, 4) is 0 Å².